The molecule has 0 saturated heterocycles. The van der Waals surface area contributed by atoms with Gasteiger partial charge in [-0.15, -0.1) is 0 Å². The summed E-state index contributed by atoms with van der Waals surface area (Å²) in [7, 11) is 0. The van der Waals surface area contributed by atoms with Crippen LogP contribution in [0.25, 0.3) is 0 Å². The smallest absolute Gasteiger partial charge is 0.244 e. The Morgan fingerprint density at radius 2 is 2.00 bits per heavy atom. The highest BCUT2D eigenvalue weighted by molar-refractivity contribution is 5.83. The summed E-state index contributed by atoms with van der Waals surface area (Å²) in [6.45, 7) is 8.88. The Hall–Kier alpha value is -1.61. The lowest BCUT2D eigenvalue weighted by Crippen LogP contribution is -2.39. The van der Waals surface area contributed by atoms with Crippen molar-refractivity contribution in [1.29, 1.82) is 0 Å². The predicted octanol–water partition coefficient (Wildman–Crippen LogP) is 2.11. The van der Waals surface area contributed by atoms with E-state index in [1.165, 1.54) is 0 Å². The summed E-state index contributed by atoms with van der Waals surface area (Å²) in [5.74, 6) is -0.0540. The molecule has 1 atom stereocenters. The Kier molecular flexibility index (Phi) is 4.91. The molecule has 0 aliphatic heterocycles. The normalized spacial score (nSPS) is 11.9. The zero-order valence-electron chi connectivity index (χ0n) is 10.5. The average Bonchev–Trinajstić information content (AvgIpc) is 2.35. The van der Waals surface area contributed by atoms with Crippen LogP contribution in [0.3, 0.4) is 0 Å². The van der Waals surface area contributed by atoms with Gasteiger partial charge >= 0.3 is 0 Å². The summed E-state index contributed by atoms with van der Waals surface area (Å²) < 4.78 is 0. The van der Waals surface area contributed by atoms with E-state index in [4.69, 9.17) is 5.73 Å². The third-order valence-corrected chi connectivity index (χ3v) is 2.58. The lowest BCUT2D eigenvalue weighted by Gasteiger charge is -2.24. The van der Waals surface area contributed by atoms with E-state index < -0.39 is 6.04 Å². The summed E-state index contributed by atoms with van der Waals surface area (Å²) in [5, 5.41) is 0. The largest absolute Gasteiger partial charge is 0.337 e. The maximum absolute atomic E-state index is 12.2. The van der Waals surface area contributed by atoms with Crippen molar-refractivity contribution in [2.45, 2.75) is 19.9 Å². The van der Waals surface area contributed by atoms with E-state index in [-0.39, 0.29) is 5.91 Å². The number of carbonyl (C=O) groups is 1. The quantitative estimate of drug-likeness (QED) is 0.790. The molecule has 3 nitrogen and oxygen atoms in total. The number of carbonyl (C=O) groups excluding carboxylic acids is 1. The Balaban J connectivity index is 2.77. The van der Waals surface area contributed by atoms with E-state index in [1.54, 1.807) is 4.90 Å². The molecule has 0 fully saturated rings. The van der Waals surface area contributed by atoms with E-state index in [0.29, 0.717) is 13.1 Å². The second kappa shape index (κ2) is 6.21. The molecule has 2 N–H and O–H groups in total. The molecule has 0 radical (unpaired) electrons. The molecule has 0 saturated carbocycles. The summed E-state index contributed by atoms with van der Waals surface area (Å²) in [4.78, 5) is 13.9. The van der Waals surface area contributed by atoms with Gasteiger partial charge in [-0.25, -0.2) is 0 Å². The van der Waals surface area contributed by atoms with Crippen LogP contribution in [-0.4, -0.2) is 23.9 Å². The highest BCUT2D eigenvalue weighted by atomic mass is 16.2. The van der Waals surface area contributed by atoms with Crippen molar-refractivity contribution >= 4 is 5.91 Å². The van der Waals surface area contributed by atoms with Crippen molar-refractivity contribution < 1.29 is 4.79 Å². The van der Waals surface area contributed by atoms with E-state index in [9.17, 15) is 4.79 Å². The van der Waals surface area contributed by atoms with Crippen LogP contribution in [-0.2, 0) is 4.79 Å². The van der Waals surface area contributed by atoms with Crippen molar-refractivity contribution in [3.8, 4) is 0 Å². The number of likely N-dealkylation sites (N-methyl/N-ethyl adjacent to an activating group) is 1. The number of rotatable bonds is 5. The van der Waals surface area contributed by atoms with Gasteiger partial charge in [0.2, 0.25) is 5.91 Å². The van der Waals surface area contributed by atoms with Crippen LogP contribution in [0.5, 0.6) is 0 Å². The lowest BCUT2D eigenvalue weighted by molar-refractivity contribution is -0.132. The van der Waals surface area contributed by atoms with Crippen LogP contribution in [0.2, 0.25) is 0 Å². The number of nitrogens with zero attached hydrogens (tertiary/aromatic N) is 1. The lowest BCUT2D eigenvalue weighted by atomic mass is 10.1. The first-order chi connectivity index (χ1) is 8.06. The van der Waals surface area contributed by atoms with E-state index in [2.05, 4.69) is 6.58 Å². The zero-order valence-corrected chi connectivity index (χ0v) is 10.5. The average molecular weight is 232 g/mol. The minimum absolute atomic E-state index is 0.0540. The van der Waals surface area contributed by atoms with E-state index in [1.807, 2.05) is 44.2 Å². The van der Waals surface area contributed by atoms with Crippen LogP contribution in [0.1, 0.15) is 25.5 Å². The third-order valence-electron chi connectivity index (χ3n) is 2.58. The van der Waals surface area contributed by atoms with E-state index >= 15 is 0 Å². The molecule has 92 valence electrons. The summed E-state index contributed by atoms with van der Waals surface area (Å²) in [6, 6.07) is 8.84. The fourth-order valence-electron chi connectivity index (χ4n) is 1.67. The van der Waals surface area contributed by atoms with Crippen molar-refractivity contribution in [1.82, 2.24) is 4.90 Å². The molecule has 0 heterocycles. The maximum Gasteiger partial charge on any atom is 0.244 e. The van der Waals surface area contributed by atoms with Crippen molar-refractivity contribution in [3.05, 3.63) is 48.0 Å². The van der Waals surface area contributed by atoms with Crippen molar-refractivity contribution in [2.75, 3.05) is 13.1 Å². The third kappa shape index (κ3) is 3.71. The standard InChI is InChI=1S/C14H20N2O/c1-4-16(10-11(2)3)14(17)13(15)12-8-6-5-7-9-12/h5-9,13H,2,4,10,15H2,1,3H3. The zero-order chi connectivity index (χ0) is 12.8. The number of hydrogen-bond donors (Lipinski definition) is 1. The molecular formula is C14H20N2O. The topological polar surface area (TPSA) is 46.3 Å². The molecule has 1 unspecified atom stereocenters. The highest BCUT2D eigenvalue weighted by Crippen LogP contribution is 2.13. The number of amides is 1. The van der Waals surface area contributed by atoms with Gasteiger partial charge in [0.1, 0.15) is 6.04 Å². The van der Waals surface area contributed by atoms with Crippen molar-refractivity contribution in [3.63, 3.8) is 0 Å². The minimum Gasteiger partial charge on any atom is -0.337 e. The second-order valence-corrected chi connectivity index (χ2v) is 4.20. The van der Waals surface area contributed by atoms with Gasteiger partial charge < -0.3 is 10.6 Å². The van der Waals surface area contributed by atoms with Gasteiger partial charge in [-0.3, -0.25) is 4.79 Å². The van der Waals surface area contributed by atoms with Crippen LogP contribution in [0, 0.1) is 0 Å². The Bertz CT molecular complexity index is 386. The highest BCUT2D eigenvalue weighted by Gasteiger charge is 2.20. The Morgan fingerprint density at radius 3 is 2.47 bits per heavy atom. The minimum atomic E-state index is -0.588. The van der Waals surface area contributed by atoms with Gasteiger partial charge in [-0.05, 0) is 19.4 Å². The molecule has 1 aromatic carbocycles. The van der Waals surface area contributed by atoms with Gasteiger partial charge in [-0.2, -0.15) is 0 Å². The fraction of sp³-hybridized carbons (Fsp3) is 0.357. The van der Waals surface area contributed by atoms with Crippen LogP contribution >= 0.6 is 0 Å². The van der Waals surface area contributed by atoms with Gasteiger partial charge in [0.25, 0.3) is 0 Å². The molecule has 0 bridgehead atoms. The molecule has 0 aromatic heterocycles. The molecule has 0 aliphatic carbocycles. The monoisotopic (exact) mass is 232 g/mol. The van der Waals surface area contributed by atoms with Crippen LogP contribution in [0.15, 0.2) is 42.5 Å². The molecule has 1 rings (SSSR count). The van der Waals surface area contributed by atoms with Gasteiger partial charge in [0.05, 0.1) is 0 Å². The van der Waals surface area contributed by atoms with Crippen LogP contribution < -0.4 is 5.73 Å². The first-order valence-electron chi connectivity index (χ1n) is 5.80. The predicted molar refractivity (Wildman–Crippen MR) is 70.4 cm³/mol. The first-order valence-corrected chi connectivity index (χ1v) is 5.80. The van der Waals surface area contributed by atoms with Gasteiger partial charge in [0, 0.05) is 13.1 Å². The number of hydrogen-bond acceptors (Lipinski definition) is 2. The van der Waals surface area contributed by atoms with E-state index in [0.717, 1.165) is 11.1 Å². The summed E-state index contributed by atoms with van der Waals surface area (Å²) >= 11 is 0. The molecule has 1 aromatic rings. The molecular weight excluding hydrogens is 212 g/mol. The first kappa shape index (κ1) is 13.5. The molecule has 0 aliphatic rings. The molecule has 3 heteroatoms. The fourth-order valence-corrected chi connectivity index (χ4v) is 1.67. The summed E-state index contributed by atoms with van der Waals surface area (Å²) in [6.07, 6.45) is 0. The Morgan fingerprint density at radius 1 is 1.41 bits per heavy atom. The maximum atomic E-state index is 12.2. The number of nitrogens with two attached hydrogens (primary N) is 1. The van der Waals surface area contributed by atoms with Gasteiger partial charge in [-0.1, -0.05) is 42.5 Å². The van der Waals surface area contributed by atoms with Gasteiger partial charge in [0.15, 0.2) is 0 Å². The SMILES string of the molecule is C=C(C)CN(CC)C(=O)C(N)c1ccccc1. The molecule has 0 spiro atoms. The van der Waals surface area contributed by atoms with Crippen LogP contribution in [0.4, 0.5) is 0 Å². The number of benzene rings is 1. The molecule has 17 heavy (non-hydrogen) atoms. The second-order valence-electron chi connectivity index (χ2n) is 4.20. The molecule has 1 amide bonds. The summed E-state index contributed by atoms with van der Waals surface area (Å²) in [5.41, 5.74) is 7.77. The Labute approximate surface area is 103 Å². The van der Waals surface area contributed by atoms with Crippen molar-refractivity contribution in [2.24, 2.45) is 5.73 Å².